The van der Waals surface area contributed by atoms with Crippen LogP contribution < -0.4 is 11.1 Å². The highest BCUT2D eigenvalue weighted by atomic mass is 32.1. The second-order valence-electron chi connectivity index (χ2n) is 3.39. The number of benzene rings is 1. The fourth-order valence-corrected chi connectivity index (χ4v) is 1.96. The lowest BCUT2D eigenvalue weighted by Gasteiger charge is -2.08. The van der Waals surface area contributed by atoms with E-state index in [1.807, 2.05) is 5.38 Å². The van der Waals surface area contributed by atoms with Gasteiger partial charge in [0, 0.05) is 17.3 Å². The fraction of sp³-hybridized carbons (Fsp3) is 0.0909. The number of nitrogens with zero attached hydrogens (tertiary/aromatic N) is 1. The van der Waals surface area contributed by atoms with E-state index in [2.05, 4.69) is 10.3 Å². The van der Waals surface area contributed by atoms with Crippen molar-refractivity contribution in [1.82, 2.24) is 4.98 Å². The molecule has 0 atom stereocenters. The monoisotopic (exact) mass is 249 g/mol. The Morgan fingerprint density at radius 3 is 3.00 bits per heavy atom. The molecule has 0 saturated carbocycles. The summed E-state index contributed by atoms with van der Waals surface area (Å²) < 4.78 is 0. The van der Waals surface area contributed by atoms with Crippen molar-refractivity contribution in [3.63, 3.8) is 0 Å². The van der Waals surface area contributed by atoms with E-state index in [0.29, 0.717) is 17.9 Å². The highest BCUT2D eigenvalue weighted by molar-refractivity contribution is 7.09. The summed E-state index contributed by atoms with van der Waals surface area (Å²) in [5, 5.41) is 14.8. The van der Waals surface area contributed by atoms with Crippen molar-refractivity contribution < 1.29 is 9.90 Å². The van der Waals surface area contributed by atoms with E-state index in [1.165, 1.54) is 17.4 Å². The SMILES string of the molecule is Nc1ccc(C(=O)O)c(NCc2nccs2)c1. The molecule has 1 aromatic heterocycles. The summed E-state index contributed by atoms with van der Waals surface area (Å²) in [5.74, 6) is -0.980. The van der Waals surface area contributed by atoms with Crippen molar-refractivity contribution in [2.45, 2.75) is 6.54 Å². The van der Waals surface area contributed by atoms with Gasteiger partial charge in [0.15, 0.2) is 0 Å². The summed E-state index contributed by atoms with van der Waals surface area (Å²) in [6, 6.07) is 4.66. The maximum absolute atomic E-state index is 11.0. The molecule has 2 rings (SSSR count). The first-order chi connectivity index (χ1) is 8.16. The number of nitrogen functional groups attached to an aromatic ring is 1. The zero-order chi connectivity index (χ0) is 12.3. The number of rotatable bonds is 4. The molecule has 0 aliphatic carbocycles. The van der Waals surface area contributed by atoms with Crippen molar-refractivity contribution in [2.24, 2.45) is 0 Å². The van der Waals surface area contributed by atoms with Gasteiger partial charge in [-0.15, -0.1) is 11.3 Å². The molecule has 0 amide bonds. The molecule has 88 valence electrons. The normalized spacial score (nSPS) is 10.1. The van der Waals surface area contributed by atoms with Crippen molar-refractivity contribution in [1.29, 1.82) is 0 Å². The lowest BCUT2D eigenvalue weighted by molar-refractivity contribution is 0.0698. The number of hydrogen-bond acceptors (Lipinski definition) is 5. The topological polar surface area (TPSA) is 88.2 Å². The first-order valence-electron chi connectivity index (χ1n) is 4.92. The van der Waals surface area contributed by atoms with E-state index in [4.69, 9.17) is 10.8 Å². The first-order valence-corrected chi connectivity index (χ1v) is 5.80. The molecule has 6 heteroatoms. The van der Waals surface area contributed by atoms with Gasteiger partial charge < -0.3 is 16.2 Å². The Kier molecular flexibility index (Phi) is 3.24. The smallest absolute Gasteiger partial charge is 0.337 e. The summed E-state index contributed by atoms with van der Waals surface area (Å²) in [6.45, 7) is 0.487. The molecule has 0 bridgehead atoms. The first kappa shape index (κ1) is 11.4. The highest BCUT2D eigenvalue weighted by Crippen LogP contribution is 2.20. The molecule has 0 unspecified atom stereocenters. The number of carbonyl (C=O) groups is 1. The van der Waals surface area contributed by atoms with Gasteiger partial charge in [0.25, 0.3) is 0 Å². The minimum absolute atomic E-state index is 0.204. The maximum atomic E-state index is 11.0. The van der Waals surface area contributed by atoms with Crippen LogP contribution in [0.5, 0.6) is 0 Å². The number of thiazole rings is 1. The van der Waals surface area contributed by atoms with Crippen LogP contribution in [-0.4, -0.2) is 16.1 Å². The second-order valence-corrected chi connectivity index (χ2v) is 4.37. The summed E-state index contributed by atoms with van der Waals surface area (Å²) in [7, 11) is 0. The molecular weight excluding hydrogens is 238 g/mol. The van der Waals surface area contributed by atoms with Crippen LogP contribution in [0.15, 0.2) is 29.8 Å². The molecule has 0 radical (unpaired) electrons. The molecule has 2 aromatic rings. The van der Waals surface area contributed by atoms with Gasteiger partial charge >= 0.3 is 5.97 Å². The quantitative estimate of drug-likeness (QED) is 0.721. The van der Waals surface area contributed by atoms with Crippen LogP contribution >= 0.6 is 11.3 Å². The van der Waals surface area contributed by atoms with Crippen LogP contribution in [0.2, 0.25) is 0 Å². The van der Waals surface area contributed by atoms with E-state index in [1.54, 1.807) is 18.3 Å². The van der Waals surface area contributed by atoms with Gasteiger partial charge in [0.05, 0.1) is 17.8 Å². The summed E-state index contributed by atoms with van der Waals surface area (Å²) in [5.41, 5.74) is 6.87. The van der Waals surface area contributed by atoms with Crippen LogP contribution in [0.3, 0.4) is 0 Å². The van der Waals surface area contributed by atoms with Crippen molar-refractivity contribution in [3.05, 3.63) is 40.3 Å². The van der Waals surface area contributed by atoms with Crippen molar-refractivity contribution >= 4 is 28.7 Å². The number of nitrogens with one attached hydrogen (secondary N) is 1. The van der Waals surface area contributed by atoms with Gasteiger partial charge in [-0.3, -0.25) is 0 Å². The van der Waals surface area contributed by atoms with Gasteiger partial charge in [-0.25, -0.2) is 9.78 Å². The molecular formula is C11H11N3O2S. The van der Waals surface area contributed by atoms with Gasteiger partial charge in [0.1, 0.15) is 5.01 Å². The number of anilines is 2. The molecule has 5 nitrogen and oxygen atoms in total. The average molecular weight is 249 g/mol. The summed E-state index contributed by atoms with van der Waals surface area (Å²) >= 11 is 1.51. The number of hydrogen-bond donors (Lipinski definition) is 3. The van der Waals surface area contributed by atoms with E-state index >= 15 is 0 Å². The number of carboxylic acids is 1. The summed E-state index contributed by atoms with van der Waals surface area (Å²) in [4.78, 5) is 15.1. The Morgan fingerprint density at radius 1 is 1.53 bits per heavy atom. The van der Waals surface area contributed by atoms with E-state index in [0.717, 1.165) is 5.01 Å². The predicted octanol–water partition coefficient (Wildman–Crippen LogP) is 2.04. The number of aromatic nitrogens is 1. The number of aromatic carboxylic acids is 1. The van der Waals surface area contributed by atoms with Crippen LogP contribution in [0.25, 0.3) is 0 Å². The zero-order valence-electron chi connectivity index (χ0n) is 8.88. The third-order valence-corrected chi connectivity index (χ3v) is 2.97. The molecule has 1 aromatic carbocycles. The Labute approximate surface area is 102 Å². The molecule has 1 heterocycles. The van der Waals surface area contributed by atoms with Crippen LogP contribution in [0.1, 0.15) is 15.4 Å². The molecule has 17 heavy (non-hydrogen) atoms. The molecule has 0 aliphatic heterocycles. The molecule has 0 saturated heterocycles. The van der Waals surface area contributed by atoms with Gasteiger partial charge in [-0.1, -0.05) is 0 Å². The van der Waals surface area contributed by atoms with Crippen LogP contribution in [0.4, 0.5) is 11.4 Å². The molecule has 0 fully saturated rings. The van der Waals surface area contributed by atoms with E-state index in [-0.39, 0.29) is 5.56 Å². The Morgan fingerprint density at radius 2 is 2.35 bits per heavy atom. The molecule has 0 spiro atoms. The van der Waals surface area contributed by atoms with Crippen molar-refractivity contribution in [3.8, 4) is 0 Å². The number of nitrogens with two attached hydrogens (primary N) is 1. The maximum Gasteiger partial charge on any atom is 0.337 e. The number of carboxylic acid groups (broad SMARTS) is 1. The molecule has 0 aliphatic rings. The Hall–Kier alpha value is -2.08. The minimum atomic E-state index is -0.980. The lowest BCUT2D eigenvalue weighted by atomic mass is 10.1. The minimum Gasteiger partial charge on any atom is -0.478 e. The van der Waals surface area contributed by atoms with E-state index < -0.39 is 5.97 Å². The zero-order valence-corrected chi connectivity index (χ0v) is 9.70. The Balaban J connectivity index is 2.19. The highest BCUT2D eigenvalue weighted by Gasteiger charge is 2.10. The van der Waals surface area contributed by atoms with Crippen LogP contribution in [-0.2, 0) is 6.54 Å². The standard InChI is InChI=1S/C11H11N3O2S/c12-7-1-2-8(11(15)16)9(5-7)14-6-10-13-3-4-17-10/h1-5,14H,6,12H2,(H,15,16). The predicted molar refractivity (Wildman–Crippen MR) is 67.3 cm³/mol. The van der Waals surface area contributed by atoms with Gasteiger partial charge in [-0.2, -0.15) is 0 Å². The average Bonchev–Trinajstić information content (AvgIpc) is 2.78. The third kappa shape index (κ3) is 2.73. The second kappa shape index (κ2) is 4.84. The van der Waals surface area contributed by atoms with Crippen LogP contribution in [0, 0.1) is 0 Å². The molecule has 4 N–H and O–H groups in total. The fourth-order valence-electron chi connectivity index (χ4n) is 1.41. The van der Waals surface area contributed by atoms with E-state index in [9.17, 15) is 4.79 Å². The van der Waals surface area contributed by atoms with Gasteiger partial charge in [-0.05, 0) is 18.2 Å². The third-order valence-electron chi connectivity index (χ3n) is 2.19. The van der Waals surface area contributed by atoms with Crippen molar-refractivity contribution in [2.75, 3.05) is 11.1 Å². The Bertz CT molecular complexity index is 526. The largest absolute Gasteiger partial charge is 0.478 e. The van der Waals surface area contributed by atoms with Gasteiger partial charge in [0.2, 0.25) is 0 Å². The lowest BCUT2D eigenvalue weighted by Crippen LogP contribution is -2.06. The summed E-state index contributed by atoms with van der Waals surface area (Å²) in [6.07, 6.45) is 1.71.